The highest BCUT2D eigenvalue weighted by Gasteiger charge is 2.36. The quantitative estimate of drug-likeness (QED) is 0.162. The molecule has 0 spiro atoms. The smallest absolute Gasteiger partial charge is 0.264 e. The Bertz CT molecular complexity index is 1750. The third kappa shape index (κ3) is 8.53. The molecule has 0 fully saturated rings. The van der Waals surface area contributed by atoms with Crippen molar-refractivity contribution < 1.29 is 22.7 Å². The molecule has 0 bridgehead atoms. The standard InChI is InChI=1S/C34H34Cl3N3O5S/c1-23(2)38-34(42)31(19-24-11-6-4-7-12-24)39(21-27-28(36)15-10-16-29(27)37)33(41)22-40(30-20-25(35)17-18-32(30)45-3)46(43,44)26-13-8-5-9-14-26/h4-18,20,23,31H,19,21-22H2,1-3H3,(H,38,42)/t31-/m1/s1. The van der Waals surface area contributed by atoms with Gasteiger partial charge in [0.15, 0.2) is 0 Å². The normalized spacial score (nSPS) is 12.0. The minimum atomic E-state index is -4.35. The number of nitrogens with zero attached hydrogens (tertiary/aromatic N) is 2. The minimum Gasteiger partial charge on any atom is -0.495 e. The first-order chi connectivity index (χ1) is 21.9. The van der Waals surface area contributed by atoms with Gasteiger partial charge in [0.2, 0.25) is 11.8 Å². The Morgan fingerprint density at radius 1 is 0.848 bits per heavy atom. The molecule has 0 aromatic heterocycles. The second-order valence-corrected chi connectivity index (χ2v) is 13.8. The molecule has 0 aliphatic rings. The summed E-state index contributed by atoms with van der Waals surface area (Å²) < 4.78 is 34.9. The molecule has 46 heavy (non-hydrogen) atoms. The van der Waals surface area contributed by atoms with Gasteiger partial charge in [-0.15, -0.1) is 0 Å². The predicted molar refractivity (Wildman–Crippen MR) is 183 cm³/mol. The van der Waals surface area contributed by atoms with Crippen LogP contribution in [0.3, 0.4) is 0 Å². The molecule has 0 radical (unpaired) electrons. The highest BCUT2D eigenvalue weighted by molar-refractivity contribution is 7.92. The predicted octanol–water partition coefficient (Wildman–Crippen LogP) is 7.02. The number of hydrogen-bond donors (Lipinski definition) is 1. The van der Waals surface area contributed by atoms with Crippen LogP contribution < -0.4 is 14.4 Å². The van der Waals surface area contributed by atoms with E-state index in [-0.39, 0.29) is 40.4 Å². The molecule has 4 rings (SSSR count). The molecular formula is C34H34Cl3N3O5S. The molecule has 12 heteroatoms. The number of amides is 2. The number of halogens is 3. The molecule has 4 aromatic rings. The van der Waals surface area contributed by atoms with Gasteiger partial charge in [0.1, 0.15) is 18.3 Å². The molecule has 0 saturated heterocycles. The lowest BCUT2D eigenvalue weighted by Crippen LogP contribution is -2.54. The number of ether oxygens (including phenoxy) is 1. The minimum absolute atomic E-state index is 0.0502. The Kier molecular flexibility index (Phi) is 12.0. The summed E-state index contributed by atoms with van der Waals surface area (Å²) >= 11 is 19.4. The Labute approximate surface area is 284 Å². The summed E-state index contributed by atoms with van der Waals surface area (Å²) in [7, 11) is -2.96. The SMILES string of the molecule is COc1ccc(Cl)cc1N(CC(=O)N(Cc1c(Cl)cccc1Cl)[C@H](Cc1ccccc1)C(=O)NC(C)C)S(=O)(=O)c1ccccc1. The third-order valence-corrected chi connectivity index (χ3v) is 9.83. The van der Waals surface area contributed by atoms with Crippen LogP contribution in [0.1, 0.15) is 25.0 Å². The lowest BCUT2D eigenvalue weighted by molar-refractivity contribution is -0.140. The molecular weight excluding hydrogens is 669 g/mol. The van der Waals surface area contributed by atoms with Crippen LogP contribution in [0.15, 0.2) is 102 Å². The lowest BCUT2D eigenvalue weighted by atomic mass is 10.0. The number of rotatable bonds is 13. The van der Waals surface area contributed by atoms with Crippen LogP contribution in [0.2, 0.25) is 15.1 Å². The molecule has 1 atom stereocenters. The van der Waals surface area contributed by atoms with Crippen molar-refractivity contribution in [1.29, 1.82) is 0 Å². The zero-order chi connectivity index (χ0) is 33.4. The van der Waals surface area contributed by atoms with E-state index >= 15 is 0 Å². The summed E-state index contributed by atoms with van der Waals surface area (Å²) in [6, 6.07) is 25.1. The van der Waals surface area contributed by atoms with Gasteiger partial charge in [-0.25, -0.2) is 8.42 Å². The van der Waals surface area contributed by atoms with Gasteiger partial charge in [0.25, 0.3) is 10.0 Å². The van der Waals surface area contributed by atoms with Crippen molar-refractivity contribution in [3.8, 4) is 5.75 Å². The van der Waals surface area contributed by atoms with Crippen molar-refractivity contribution >= 4 is 62.3 Å². The summed E-state index contributed by atoms with van der Waals surface area (Å²) in [5, 5.41) is 3.72. The molecule has 4 aromatic carbocycles. The fourth-order valence-corrected chi connectivity index (χ4v) is 7.00. The van der Waals surface area contributed by atoms with Crippen LogP contribution in [0, 0.1) is 0 Å². The molecule has 242 valence electrons. The van der Waals surface area contributed by atoms with Gasteiger partial charge in [-0.2, -0.15) is 0 Å². The lowest BCUT2D eigenvalue weighted by Gasteiger charge is -2.34. The maximum atomic E-state index is 14.6. The highest BCUT2D eigenvalue weighted by atomic mass is 35.5. The van der Waals surface area contributed by atoms with Crippen molar-refractivity contribution in [1.82, 2.24) is 10.2 Å². The number of sulfonamides is 1. The molecule has 0 aliphatic heterocycles. The van der Waals surface area contributed by atoms with Gasteiger partial charge in [0, 0.05) is 39.6 Å². The van der Waals surface area contributed by atoms with E-state index in [9.17, 15) is 18.0 Å². The monoisotopic (exact) mass is 701 g/mol. The average Bonchev–Trinajstić information content (AvgIpc) is 3.03. The van der Waals surface area contributed by atoms with Gasteiger partial charge in [0.05, 0.1) is 17.7 Å². The number of anilines is 1. The molecule has 1 N–H and O–H groups in total. The van der Waals surface area contributed by atoms with Crippen molar-refractivity contribution in [2.45, 2.75) is 43.8 Å². The number of nitrogens with one attached hydrogen (secondary N) is 1. The van der Waals surface area contributed by atoms with Crippen molar-refractivity contribution in [3.63, 3.8) is 0 Å². The maximum absolute atomic E-state index is 14.6. The topological polar surface area (TPSA) is 96.0 Å². The molecule has 0 aliphatic carbocycles. The van der Waals surface area contributed by atoms with Crippen LogP contribution in [0.5, 0.6) is 5.75 Å². The van der Waals surface area contributed by atoms with Crippen LogP contribution in [0.4, 0.5) is 5.69 Å². The fraction of sp³-hybridized carbons (Fsp3) is 0.235. The van der Waals surface area contributed by atoms with E-state index < -0.39 is 34.4 Å². The Morgan fingerprint density at radius 3 is 2.04 bits per heavy atom. The average molecular weight is 703 g/mol. The van der Waals surface area contributed by atoms with Crippen molar-refractivity contribution in [3.05, 3.63) is 123 Å². The largest absolute Gasteiger partial charge is 0.495 e. The van der Waals surface area contributed by atoms with Crippen molar-refractivity contribution in [2.75, 3.05) is 18.0 Å². The Hall–Kier alpha value is -3.76. The molecule has 0 unspecified atom stereocenters. The number of carbonyl (C=O) groups is 2. The molecule has 0 saturated carbocycles. The summed E-state index contributed by atoms with van der Waals surface area (Å²) in [6.45, 7) is 2.75. The van der Waals surface area contributed by atoms with Crippen molar-refractivity contribution in [2.24, 2.45) is 0 Å². The van der Waals surface area contributed by atoms with E-state index in [4.69, 9.17) is 39.5 Å². The highest BCUT2D eigenvalue weighted by Crippen LogP contribution is 2.35. The van der Waals surface area contributed by atoms with Gasteiger partial charge < -0.3 is 15.0 Å². The van der Waals surface area contributed by atoms with E-state index in [1.165, 1.54) is 36.3 Å². The van der Waals surface area contributed by atoms with Gasteiger partial charge >= 0.3 is 0 Å². The maximum Gasteiger partial charge on any atom is 0.264 e. The first kappa shape index (κ1) is 35.1. The second kappa shape index (κ2) is 15.7. The first-order valence-corrected chi connectivity index (χ1v) is 17.0. The molecule has 8 nitrogen and oxygen atoms in total. The number of methoxy groups -OCH3 is 1. The number of hydrogen-bond acceptors (Lipinski definition) is 5. The number of benzene rings is 4. The second-order valence-electron chi connectivity index (χ2n) is 10.7. The van der Waals surface area contributed by atoms with Crippen LogP contribution in [-0.2, 0) is 32.6 Å². The molecule has 0 heterocycles. The third-order valence-electron chi connectivity index (χ3n) is 7.11. The van der Waals surface area contributed by atoms with Gasteiger partial charge in [-0.1, -0.05) is 89.4 Å². The Balaban J connectivity index is 1.88. The van der Waals surface area contributed by atoms with E-state index in [2.05, 4.69) is 5.32 Å². The summed E-state index contributed by atoms with van der Waals surface area (Å²) in [5.41, 5.74) is 1.25. The van der Waals surface area contributed by atoms with Crippen LogP contribution in [-0.4, -0.2) is 50.9 Å². The van der Waals surface area contributed by atoms with Gasteiger partial charge in [-0.05, 0) is 61.9 Å². The zero-order valence-corrected chi connectivity index (χ0v) is 28.6. The number of carbonyl (C=O) groups excluding carboxylic acids is 2. The van der Waals surface area contributed by atoms with Crippen LogP contribution >= 0.6 is 34.8 Å². The zero-order valence-electron chi connectivity index (χ0n) is 25.5. The van der Waals surface area contributed by atoms with E-state index in [1.54, 1.807) is 42.5 Å². The molecule has 2 amide bonds. The first-order valence-electron chi connectivity index (χ1n) is 14.4. The van der Waals surface area contributed by atoms with E-state index in [1.807, 2.05) is 44.2 Å². The fourth-order valence-electron chi connectivity index (χ4n) is 4.88. The van der Waals surface area contributed by atoms with Crippen LogP contribution in [0.25, 0.3) is 0 Å². The summed E-state index contributed by atoms with van der Waals surface area (Å²) in [4.78, 5) is 29.7. The Morgan fingerprint density at radius 2 is 1.46 bits per heavy atom. The summed E-state index contributed by atoms with van der Waals surface area (Å²) in [5.74, 6) is -0.929. The summed E-state index contributed by atoms with van der Waals surface area (Å²) in [6.07, 6.45) is 0.138. The van der Waals surface area contributed by atoms with E-state index in [0.29, 0.717) is 15.6 Å². The van der Waals surface area contributed by atoms with Gasteiger partial charge in [-0.3, -0.25) is 13.9 Å². The van der Waals surface area contributed by atoms with E-state index in [0.717, 1.165) is 9.87 Å².